The molecule has 0 unspecified atom stereocenters. The molecule has 1 rings (SSSR count). The van der Waals surface area contributed by atoms with E-state index in [0.717, 1.165) is 11.6 Å². The van der Waals surface area contributed by atoms with E-state index in [2.05, 4.69) is 4.74 Å². The van der Waals surface area contributed by atoms with Gasteiger partial charge in [-0.25, -0.2) is 4.79 Å². The van der Waals surface area contributed by atoms with E-state index in [9.17, 15) is 20.0 Å². The third kappa shape index (κ3) is 6.02. The van der Waals surface area contributed by atoms with Gasteiger partial charge >= 0.3 is 5.97 Å². The minimum atomic E-state index is -2.28. The number of carbonyl (C=O) groups is 1. The Morgan fingerprint density at radius 3 is 2.68 bits per heavy atom. The van der Waals surface area contributed by atoms with E-state index < -0.39 is 23.0 Å². The average Bonchev–Trinajstić information content (AvgIpc) is 2.47. The SMILES string of the molecule is CCOC(=O)[C@@](O)(/C=C/COCc1ccccc1)C[N+](=O)[O-]. The van der Waals surface area contributed by atoms with Crippen molar-refractivity contribution in [3.05, 3.63) is 58.2 Å². The van der Waals surface area contributed by atoms with Gasteiger partial charge in [0.2, 0.25) is 12.1 Å². The quantitative estimate of drug-likeness (QED) is 0.243. The van der Waals surface area contributed by atoms with Gasteiger partial charge in [0.1, 0.15) is 0 Å². The summed E-state index contributed by atoms with van der Waals surface area (Å²) in [6, 6.07) is 9.44. The lowest BCUT2D eigenvalue weighted by Gasteiger charge is -2.17. The van der Waals surface area contributed by atoms with Gasteiger partial charge in [0.25, 0.3) is 0 Å². The van der Waals surface area contributed by atoms with Crippen LogP contribution in [0.1, 0.15) is 12.5 Å². The fraction of sp³-hybridized carbons (Fsp3) is 0.400. The monoisotopic (exact) mass is 309 g/mol. The number of nitrogens with zero attached hydrogens (tertiary/aromatic N) is 1. The predicted octanol–water partition coefficient (Wildman–Crippen LogP) is 1.33. The van der Waals surface area contributed by atoms with Crippen LogP contribution in [0.4, 0.5) is 0 Å². The van der Waals surface area contributed by atoms with Crippen molar-refractivity contribution in [2.75, 3.05) is 19.8 Å². The molecule has 0 saturated carbocycles. The van der Waals surface area contributed by atoms with Crippen LogP contribution in [0, 0.1) is 10.1 Å². The Kier molecular flexibility index (Phi) is 7.21. The Morgan fingerprint density at radius 2 is 2.09 bits per heavy atom. The van der Waals surface area contributed by atoms with Crippen LogP contribution in [0.25, 0.3) is 0 Å². The molecule has 0 radical (unpaired) electrons. The van der Waals surface area contributed by atoms with E-state index in [1.165, 1.54) is 6.08 Å². The second-order valence-electron chi connectivity index (χ2n) is 4.54. The molecule has 0 spiro atoms. The smallest absolute Gasteiger partial charge is 0.349 e. The van der Waals surface area contributed by atoms with E-state index in [-0.39, 0.29) is 13.2 Å². The number of ether oxygens (including phenoxy) is 2. The van der Waals surface area contributed by atoms with Crippen LogP contribution in [-0.4, -0.2) is 41.4 Å². The molecular weight excluding hydrogens is 290 g/mol. The number of rotatable bonds is 9. The number of benzene rings is 1. The van der Waals surface area contributed by atoms with E-state index >= 15 is 0 Å². The van der Waals surface area contributed by atoms with Gasteiger partial charge in [0.05, 0.1) is 19.8 Å². The zero-order valence-electron chi connectivity index (χ0n) is 12.3. The first-order valence-electron chi connectivity index (χ1n) is 6.78. The van der Waals surface area contributed by atoms with Crippen molar-refractivity contribution >= 4 is 5.97 Å². The Hall–Kier alpha value is -2.25. The van der Waals surface area contributed by atoms with Gasteiger partial charge in [-0.2, -0.15) is 0 Å². The molecule has 0 amide bonds. The zero-order chi connectivity index (χ0) is 16.4. The summed E-state index contributed by atoms with van der Waals surface area (Å²) in [4.78, 5) is 21.4. The molecule has 1 N–H and O–H groups in total. The first-order valence-corrected chi connectivity index (χ1v) is 6.78. The molecule has 0 bridgehead atoms. The summed E-state index contributed by atoms with van der Waals surface area (Å²) in [6.07, 6.45) is 2.40. The molecule has 0 aliphatic rings. The summed E-state index contributed by atoms with van der Waals surface area (Å²) >= 11 is 0. The summed E-state index contributed by atoms with van der Waals surface area (Å²) in [7, 11) is 0. The molecule has 1 aromatic carbocycles. The van der Waals surface area contributed by atoms with Crippen molar-refractivity contribution in [2.24, 2.45) is 0 Å². The maximum atomic E-state index is 11.6. The maximum absolute atomic E-state index is 11.6. The Bertz CT molecular complexity index is 516. The van der Waals surface area contributed by atoms with Crippen molar-refractivity contribution in [1.29, 1.82) is 0 Å². The third-order valence-electron chi connectivity index (χ3n) is 2.72. The Labute approximate surface area is 128 Å². The van der Waals surface area contributed by atoms with Crippen LogP contribution in [0.15, 0.2) is 42.5 Å². The summed E-state index contributed by atoms with van der Waals surface area (Å²) in [5.41, 5.74) is -1.31. The summed E-state index contributed by atoms with van der Waals surface area (Å²) < 4.78 is 9.99. The van der Waals surface area contributed by atoms with Crippen LogP contribution in [0.3, 0.4) is 0 Å². The van der Waals surface area contributed by atoms with Crippen LogP contribution in [0.2, 0.25) is 0 Å². The summed E-state index contributed by atoms with van der Waals surface area (Å²) in [5, 5.41) is 20.6. The van der Waals surface area contributed by atoms with Gasteiger partial charge in [-0.15, -0.1) is 0 Å². The predicted molar refractivity (Wildman–Crippen MR) is 78.7 cm³/mol. The van der Waals surface area contributed by atoms with E-state index in [0.29, 0.717) is 6.61 Å². The topological polar surface area (TPSA) is 98.9 Å². The molecule has 7 heteroatoms. The minimum absolute atomic E-state index is 0.0250. The molecule has 22 heavy (non-hydrogen) atoms. The summed E-state index contributed by atoms with van der Waals surface area (Å²) in [5.74, 6) is -1.05. The largest absolute Gasteiger partial charge is 0.463 e. The molecule has 7 nitrogen and oxygen atoms in total. The number of carbonyl (C=O) groups excluding carboxylic acids is 1. The molecule has 0 heterocycles. The van der Waals surface area contributed by atoms with E-state index in [1.54, 1.807) is 6.92 Å². The summed E-state index contributed by atoms with van der Waals surface area (Å²) in [6.45, 7) is 1.09. The highest BCUT2D eigenvalue weighted by Crippen LogP contribution is 2.11. The molecule has 120 valence electrons. The number of nitro groups is 1. The van der Waals surface area contributed by atoms with E-state index in [4.69, 9.17) is 4.74 Å². The van der Waals surface area contributed by atoms with Gasteiger partial charge < -0.3 is 14.6 Å². The molecule has 0 saturated heterocycles. The highest BCUT2D eigenvalue weighted by molar-refractivity contribution is 5.81. The van der Waals surface area contributed by atoms with Crippen molar-refractivity contribution in [3.8, 4) is 0 Å². The number of esters is 1. The Morgan fingerprint density at radius 1 is 1.41 bits per heavy atom. The van der Waals surface area contributed by atoms with Crippen molar-refractivity contribution in [3.63, 3.8) is 0 Å². The van der Waals surface area contributed by atoms with Gasteiger partial charge in [-0.05, 0) is 18.6 Å². The van der Waals surface area contributed by atoms with Gasteiger partial charge in [-0.1, -0.05) is 36.4 Å². The lowest BCUT2D eigenvalue weighted by Crippen LogP contribution is -2.44. The Balaban J connectivity index is 2.54. The van der Waals surface area contributed by atoms with Gasteiger partial charge in [-0.3, -0.25) is 10.1 Å². The number of aliphatic hydroxyl groups is 1. The van der Waals surface area contributed by atoms with Crippen LogP contribution in [-0.2, 0) is 20.9 Å². The first-order chi connectivity index (χ1) is 10.5. The second-order valence-corrected chi connectivity index (χ2v) is 4.54. The van der Waals surface area contributed by atoms with Gasteiger partial charge in [0, 0.05) is 4.92 Å². The molecule has 1 atom stereocenters. The van der Waals surface area contributed by atoms with Crippen LogP contribution < -0.4 is 0 Å². The lowest BCUT2D eigenvalue weighted by molar-refractivity contribution is -0.494. The lowest BCUT2D eigenvalue weighted by atomic mass is 10.0. The number of hydrogen-bond acceptors (Lipinski definition) is 6. The molecule has 0 fully saturated rings. The zero-order valence-corrected chi connectivity index (χ0v) is 12.3. The minimum Gasteiger partial charge on any atom is -0.463 e. The van der Waals surface area contributed by atoms with Crippen LogP contribution in [0.5, 0.6) is 0 Å². The highest BCUT2D eigenvalue weighted by atomic mass is 16.6. The standard InChI is InChI=1S/C15H19NO6/c1-2-22-14(17)15(18,12-16(19)20)9-6-10-21-11-13-7-4-3-5-8-13/h3-9,18H,2,10-12H2,1H3/b9-6+/t15-/m1/s1. The first kappa shape index (κ1) is 17.8. The molecule has 1 aromatic rings. The van der Waals surface area contributed by atoms with Crippen LogP contribution >= 0.6 is 0 Å². The third-order valence-corrected chi connectivity index (χ3v) is 2.72. The average molecular weight is 309 g/mol. The van der Waals surface area contributed by atoms with Crippen molar-refractivity contribution in [2.45, 2.75) is 19.1 Å². The fourth-order valence-electron chi connectivity index (χ4n) is 1.70. The molecule has 0 aliphatic carbocycles. The molecule has 0 aromatic heterocycles. The number of hydrogen-bond donors (Lipinski definition) is 1. The fourth-order valence-corrected chi connectivity index (χ4v) is 1.70. The van der Waals surface area contributed by atoms with Crippen molar-refractivity contribution < 1.29 is 24.3 Å². The van der Waals surface area contributed by atoms with E-state index in [1.807, 2.05) is 30.3 Å². The maximum Gasteiger partial charge on any atom is 0.349 e. The second kappa shape index (κ2) is 8.91. The van der Waals surface area contributed by atoms with Gasteiger partial charge in [0.15, 0.2) is 0 Å². The normalized spacial score (nSPS) is 13.7. The highest BCUT2D eigenvalue weighted by Gasteiger charge is 2.40. The molecular formula is C15H19NO6. The van der Waals surface area contributed by atoms with Crippen molar-refractivity contribution in [1.82, 2.24) is 0 Å². The molecule has 0 aliphatic heterocycles.